The lowest BCUT2D eigenvalue weighted by Crippen LogP contribution is -2.16. The van der Waals surface area contributed by atoms with Crippen LogP contribution in [0.25, 0.3) is 0 Å². The van der Waals surface area contributed by atoms with Crippen molar-refractivity contribution in [3.05, 3.63) is 23.5 Å². The predicted octanol–water partition coefficient (Wildman–Crippen LogP) is 3.58. The van der Waals surface area contributed by atoms with Crippen molar-refractivity contribution in [1.29, 1.82) is 0 Å². The standard InChI is InChI=1S/C12H17ClN2/c1-9-3-2-4-10(9)8-15-11-5-6-14-12(13)7-11/h5-7,9-10H,2-4,8H2,1H3,(H,14,15). The maximum absolute atomic E-state index is 5.82. The van der Waals surface area contributed by atoms with Crippen LogP contribution in [0.1, 0.15) is 26.2 Å². The molecule has 0 aliphatic heterocycles. The van der Waals surface area contributed by atoms with Gasteiger partial charge in [0.25, 0.3) is 0 Å². The second-order valence-electron chi connectivity index (χ2n) is 4.42. The SMILES string of the molecule is CC1CCCC1CNc1ccnc(Cl)c1. The van der Waals surface area contributed by atoms with Gasteiger partial charge < -0.3 is 5.32 Å². The van der Waals surface area contributed by atoms with Crippen molar-refractivity contribution in [3.63, 3.8) is 0 Å². The first-order valence-corrected chi connectivity index (χ1v) is 5.99. The summed E-state index contributed by atoms with van der Waals surface area (Å²) in [5, 5.41) is 3.99. The number of anilines is 1. The first-order chi connectivity index (χ1) is 7.25. The van der Waals surface area contributed by atoms with Crippen molar-refractivity contribution in [2.45, 2.75) is 26.2 Å². The maximum atomic E-state index is 5.82. The van der Waals surface area contributed by atoms with Crippen molar-refractivity contribution in [1.82, 2.24) is 4.98 Å². The number of pyridine rings is 1. The summed E-state index contributed by atoms with van der Waals surface area (Å²) in [5.74, 6) is 1.67. The van der Waals surface area contributed by atoms with Crippen LogP contribution in [0.5, 0.6) is 0 Å². The summed E-state index contributed by atoms with van der Waals surface area (Å²) >= 11 is 5.82. The zero-order chi connectivity index (χ0) is 10.7. The molecule has 3 heteroatoms. The van der Waals surface area contributed by atoms with Crippen LogP contribution in [0, 0.1) is 11.8 Å². The zero-order valence-corrected chi connectivity index (χ0v) is 9.80. The van der Waals surface area contributed by atoms with Crippen LogP contribution in [0.4, 0.5) is 5.69 Å². The smallest absolute Gasteiger partial charge is 0.131 e. The minimum Gasteiger partial charge on any atom is -0.385 e. The van der Waals surface area contributed by atoms with Gasteiger partial charge in [-0.1, -0.05) is 31.4 Å². The third kappa shape index (κ3) is 2.85. The largest absolute Gasteiger partial charge is 0.385 e. The Labute approximate surface area is 96.1 Å². The molecule has 2 unspecified atom stereocenters. The van der Waals surface area contributed by atoms with Gasteiger partial charge in [-0.25, -0.2) is 4.98 Å². The predicted molar refractivity (Wildman–Crippen MR) is 64.2 cm³/mol. The van der Waals surface area contributed by atoms with Crippen LogP contribution in [0.15, 0.2) is 18.3 Å². The Bertz CT molecular complexity index is 327. The van der Waals surface area contributed by atoms with E-state index in [0.29, 0.717) is 5.15 Å². The fourth-order valence-corrected chi connectivity index (χ4v) is 2.46. The number of nitrogens with one attached hydrogen (secondary N) is 1. The van der Waals surface area contributed by atoms with E-state index in [4.69, 9.17) is 11.6 Å². The van der Waals surface area contributed by atoms with Gasteiger partial charge in [-0.3, -0.25) is 0 Å². The van der Waals surface area contributed by atoms with E-state index in [1.165, 1.54) is 19.3 Å². The van der Waals surface area contributed by atoms with Crippen LogP contribution in [-0.4, -0.2) is 11.5 Å². The van der Waals surface area contributed by atoms with Crippen molar-refractivity contribution in [3.8, 4) is 0 Å². The van der Waals surface area contributed by atoms with Gasteiger partial charge >= 0.3 is 0 Å². The highest BCUT2D eigenvalue weighted by Gasteiger charge is 2.22. The Hall–Kier alpha value is -0.760. The Balaban J connectivity index is 1.87. The molecule has 1 N–H and O–H groups in total. The molecule has 0 spiro atoms. The number of hydrogen-bond acceptors (Lipinski definition) is 2. The summed E-state index contributed by atoms with van der Waals surface area (Å²) in [7, 11) is 0. The second kappa shape index (κ2) is 4.84. The third-order valence-electron chi connectivity index (χ3n) is 3.33. The van der Waals surface area contributed by atoms with Gasteiger partial charge in [0.15, 0.2) is 0 Å². The number of halogens is 1. The highest BCUT2D eigenvalue weighted by atomic mass is 35.5. The normalized spacial score (nSPS) is 25.5. The van der Waals surface area contributed by atoms with E-state index in [1.807, 2.05) is 12.1 Å². The summed E-state index contributed by atoms with van der Waals surface area (Å²) in [6, 6.07) is 3.84. The van der Waals surface area contributed by atoms with E-state index in [2.05, 4.69) is 17.2 Å². The lowest BCUT2D eigenvalue weighted by Gasteiger charge is -2.16. The van der Waals surface area contributed by atoms with Crippen LogP contribution in [-0.2, 0) is 0 Å². The molecule has 0 bridgehead atoms. The van der Waals surface area contributed by atoms with E-state index in [-0.39, 0.29) is 0 Å². The lowest BCUT2D eigenvalue weighted by molar-refractivity contribution is 0.439. The Morgan fingerprint density at radius 2 is 2.40 bits per heavy atom. The molecule has 2 nitrogen and oxygen atoms in total. The fourth-order valence-electron chi connectivity index (χ4n) is 2.29. The Morgan fingerprint density at radius 1 is 1.53 bits per heavy atom. The second-order valence-corrected chi connectivity index (χ2v) is 4.80. The summed E-state index contributed by atoms with van der Waals surface area (Å²) in [5.41, 5.74) is 1.08. The van der Waals surface area contributed by atoms with Gasteiger partial charge in [0, 0.05) is 18.4 Å². The number of hydrogen-bond donors (Lipinski definition) is 1. The Kier molecular flexibility index (Phi) is 3.47. The summed E-state index contributed by atoms with van der Waals surface area (Å²) < 4.78 is 0. The molecule has 1 aliphatic rings. The highest BCUT2D eigenvalue weighted by molar-refractivity contribution is 6.29. The average molecular weight is 225 g/mol. The molecular weight excluding hydrogens is 208 g/mol. The number of rotatable bonds is 3. The molecule has 1 aromatic heterocycles. The zero-order valence-electron chi connectivity index (χ0n) is 9.04. The minimum absolute atomic E-state index is 0.555. The molecule has 82 valence electrons. The van der Waals surface area contributed by atoms with Crippen LogP contribution in [0.3, 0.4) is 0 Å². The van der Waals surface area contributed by atoms with Crippen LogP contribution < -0.4 is 5.32 Å². The molecule has 15 heavy (non-hydrogen) atoms. The summed E-state index contributed by atoms with van der Waals surface area (Å²) in [6.45, 7) is 3.40. The monoisotopic (exact) mass is 224 g/mol. The molecule has 0 saturated heterocycles. The van der Waals surface area contributed by atoms with E-state index >= 15 is 0 Å². The molecule has 2 rings (SSSR count). The number of nitrogens with zero attached hydrogens (tertiary/aromatic N) is 1. The Morgan fingerprint density at radius 3 is 3.07 bits per heavy atom. The average Bonchev–Trinajstić information content (AvgIpc) is 2.61. The van der Waals surface area contributed by atoms with E-state index in [9.17, 15) is 0 Å². The first kappa shape index (κ1) is 10.7. The number of aromatic nitrogens is 1. The molecule has 2 atom stereocenters. The summed E-state index contributed by atoms with van der Waals surface area (Å²) in [4.78, 5) is 3.96. The minimum atomic E-state index is 0.555. The van der Waals surface area contributed by atoms with Crippen LogP contribution >= 0.6 is 11.6 Å². The summed E-state index contributed by atoms with van der Waals surface area (Å²) in [6.07, 6.45) is 5.85. The molecule has 1 saturated carbocycles. The molecule has 1 aliphatic carbocycles. The van der Waals surface area contributed by atoms with Gasteiger partial charge in [-0.2, -0.15) is 0 Å². The highest BCUT2D eigenvalue weighted by Crippen LogP contribution is 2.31. The molecule has 0 radical (unpaired) electrons. The molecular formula is C12H17ClN2. The molecule has 0 aromatic carbocycles. The van der Waals surface area contributed by atoms with Gasteiger partial charge in [0.05, 0.1) is 0 Å². The van der Waals surface area contributed by atoms with Gasteiger partial charge in [-0.15, -0.1) is 0 Å². The van der Waals surface area contributed by atoms with Crippen molar-refractivity contribution in [2.75, 3.05) is 11.9 Å². The van der Waals surface area contributed by atoms with Crippen molar-refractivity contribution >= 4 is 17.3 Å². The molecule has 1 heterocycles. The van der Waals surface area contributed by atoms with Crippen LogP contribution in [0.2, 0.25) is 5.15 Å². The van der Waals surface area contributed by atoms with Gasteiger partial charge in [0.1, 0.15) is 5.15 Å². The molecule has 0 amide bonds. The third-order valence-corrected chi connectivity index (χ3v) is 3.54. The van der Waals surface area contributed by atoms with E-state index < -0.39 is 0 Å². The first-order valence-electron chi connectivity index (χ1n) is 5.61. The van der Waals surface area contributed by atoms with Gasteiger partial charge in [0.2, 0.25) is 0 Å². The topological polar surface area (TPSA) is 24.9 Å². The van der Waals surface area contributed by atoms with E-state index in [0.717, 1.165) is 24.1 Å². The fraction of sp³-hybridized carbons (Fsp3) is 0.583. The van der Waals surface area contributed by atoms with Crippen molar-refractivity contribution in [2.24, 2.45) is 11.8 Å². The lowest BCUT2D eigenvalue weighted by atomic mass is 9.98. The van der Waals surface area contributed by atoms with Crippen molar-refractivity contribution < 1.29 is 0 Å². The maximum Gasteiger partial charge on any atom is 0.131 e. The van der Waals surface area contributed by atoms with Gasteiger partial charge in [-0.05, 0) is 30.4 Å². The quantitative estimate of drug-likeness (QED) is 0.794. The van der Waals surface area contributed by atoms with E-state index in [1.54, 1.807) is 6.20 Å². The molecule has 1 aromatic rings. The molecule has 1 fully saturated rings.